The van der Waals surface area contributed by atoms with Crippen LogP contribution in [0.15, 0.2) is 65.0 Å². The summed E-state index contributed by atoms with van der Waals surface area (Å²) < 4.78 is 130. The molecule has 4 atom stereocenters. The number of anilines is 2. The smallest absolute Gasteiger partial charge is 0.342 e. The summed E-state index contributed by atoms with van der Waals surface area (Å²) in [4.78, 5) is 30.3. The van der Waals surface area contributed by atoms with Crippen LogP contribution in [-0.2, 0) is 33.1 Å². The molecule has 0 bridgehead atoms. The van der Waals surface area contributed by atoms with Crippen LogP contribution in [0.5, 0.6) is 0 Å². The summed E-state index contributed by atoms with van der Waals surface area (Å²) in [6, 6.07) is 4.98. The topological polar surface area (TPSA) is 150 Å². The van der Waals surface area contributed by atoms with E-state index in [1.165, 1.54) is 30.9 Å². The molecular formula is C34H30F7N8O4S+. The number of nitrogens with zero attached hydrogens (tertiary/aromatic N) is 5. The number of halogens is 7. The van der Waals surface area contributed by atoms with E-state index in [2.05, 4.69) is 30.6 Å². The molecule has 0 radical (unpaired) electrons. The van der Waals surface area contributed by atoms with E-state index < -0.39 is 87.3 Å². The lowest BCUT2D eigenvalue weighted by atomic mass is 9.94. The van der Waals surface area contributed by atoms with Gasteiger partial charge in [-0.25, -0.2) is 17.2 Å². The summed E-state index contributed by atoms with van der Waals surface area (Å²) in [6.07, 6.45) is -3.30. The maximum atomic E-state index is 15.3. The molecule has 0 saturated heterocycles. The van der Waals surface area contributed by atoms with Crippen molar-refractivity contribution in [1.82, 2.24) is 20.1 Å². The first-order valence-corrected chi connectivity index (χ1v) is 18.2. The Hall–Kier alpha value is -5.40. The van der Waals surface area contributed by atoms with Gasteiger partial charge in [0.25, 0.3) is 18.1 Å². The third kappa shape index (κ3) is 6.89. The van der Waals surface area contributed by atoms with Crippen molar-refractivity contribution in [2.75, 3.05) is 22.8 Å². The van der Waals surface area contributed by atoms with Gasteiger partial charge in [-0.05, 0) is 53.7 Å². The average Bonchev–Trinajstić information content (AvgIpc) is 3.59. The number of hydrogen-bond acceptors (Lipinski definition) is 7. The molecule has 2 aromatic heterocycles. The Balaban J connectivity index is 1.33. The minimum absolute atomic E-state index is 0.0188. The summed E-state index contributed by atoms with van der Waals surface area (Å²) in [5.74, 6) is -9.45. The van der Waals surface area contributed by atoms with E-state index in [0.717, 1.165) is 18.4 Å². The second-order valence-electron chi connectivity index (χ2n) is 13.5. The number of nitrogens with one attached hydrogen (secondary N) is 3. The number of fused-ring (bicyclic) bond motifs is 3. The van der Waals surface area contributed by atoms with Gasteiger partial charge in [-0.1, -0.05) is 16.8 Å². The number of para-hydroxylation sites is 1. The number of amides is 2. The number of pyridine rings is 1. The van der Waals surface area contributed by atoms with Crippen molar-refractivity contribution in [3.8, 4) is 11.1 Å². The van der Waals surface area contributed by atoms with Crippen molar-refractivity contribution in [3.05, 3.63) is 82.8 Å². The van der Waals surface area contributed by atoms with Crippen molar-refractivity contribution in [1.29, 1.82) is 0 Å². The van der Waals surface area contributed by atoms with Crippen LogP contribution in [0.2, 0.25) is 0 Å². The van der Waals surface area contributed by atoms with Gasteiger partial charge in [-0.15, -0.1) is 0 Å². The number of carbonyl (C=O) groups excluding carboxylic acids is 2. The van der Waals surface area contributed by atoms with Crippen molar-refractivity contribution in [2.24, 2.45) is 24.0 Å². The molecule has 4 aromatic rings. The fourth-order valence-electron chi connectivity index (χ4n) is 7.36. The van der Waals surface area contributed by atoms with Gasteiger partial charge in [0.05, 0.1) is 35.4 Å². The predicted molar refractivity (Wildman–Crippen MR) is 179 cm³/mol. The summed E-state index contributed by atoms with van der Waals surface area (Å²) in [6.45, 7) is 0.191. The second kappa shape index (κ2) is 12.9. The zero-order chi connectivity index (χ0) is 39.1. The van der Waals surface area contributed by atoms with Gasteiger partial charge in [0, 0.05) is 48.0 Å². The number of benzene rings is 2. The summed E-state index contributed by atoms with van der Waals surface area (Å²) in [7, 11) is -2.26. The highest BCUT2D eigenvalue weighted by Crippen LogP contribution is 2.66. The standard InChI is InChI=1S/C34H29F7N8O4S/c1-15(50)43-19-11-22(20-5-4-6-21-29(20)48(2)46-32(21)47-54(3,52)53)28(42-13-19)25(9-16-7-17(35)10-18(36)8-16)44-26(51)14-49-31-27(30(45-49)34(39,40)41)23-12-24(23)33(31,37)38/h4-8,10-11,13,23-25,30H,9,12,14H2,1-3H3,(H2-,43,44,46,47,50,51)/p+1/t23-,24+,25-,30?/m0/s1. The van der Waals surface area contributed by atoms with Crippen LogP contribution in [0.4, 0.5) is 42.2 Å². The van der Waals surface area contributed by atoms with E-state index in [1.54, 1.807) is 18.2 Å². The highest BCUT2D eigenvalue weighted by Gasteiger charge is 2.75. The van der Waals surface area contributed by atoms with Crippen LogP contribution < -0.4 is 15.4 Å². The molecule has 2 aliphatic carbocycles. The molecule has 2 aromatic carbocycles. The predicted octanol–water partition coefficient (Wildman–Crippen LogP) is 5.59. The van der Waals surface area contributed by atoms with Gasteiger partial charge in [0.15, 0.2) is 5.82 Å². The lowest BCUT2D eigenvalue weighted by molar-refractivity contribution is -0.549. The monoisotopic (exact) mass is 779 g/mol. The minimum atomic E-state index is -4.98. The lowest BCUT2D eigenvalue weighted by Gasteiger charge is -2.22. The Labute approximate surface area is 302 Å². The Morgan fingerprint density at radius 3 is 2.44 bits per heavy atom. The molecule has 284 valence electrons. The molecule has 20 heteroatoms. The number of sulfonamides is 1. The average molecular weight is 780 g/mol. The Morgan fingerprint density at radius 1 is 1.09 bits per heavy atom. The second-order valence-corrected chi connectivity index (χ2v) is 15.2. The van der Waals surface area contributed by atoms with E-state index >= 15 is 8.78 Å². The highest BCUT2D eigenvalue weighted by atomic mass is 32.2. The van der Waals surface area contributed by atoms with E-state index in [1.807, 2.05) is 0 Å². The quantitative estimate of drug-likeness (QED) is 0.141. The van der Waals surface area contributed by atoms with Crippen LogP contribution in [0.3, 0.4) is 0 Å². The minimum Gasteiger partial charge on any atom is -0.342 e. The first-order valence-electron chi connectivity index (χ1n) is 16.3. The maximum absolute atomic E-state index is 15.3. The van der Waals surface area contributed by atoms with E-state index in [9.17, 15) is 40.0 Å². The molecule has 1 saturated carbocycles. The third-order valence-electron chi connectivity index (χ3n) is 9.36. The van der Waals surface area contributed by atoms with Crippen LogP contribution in [-0.4, -0.2) is 70.6 Å². The normalized spacial score (nSPS) is 20.7. The molecule has 3 aliphatic rings. The number of hydrogen-bond donors (Lipinski definition) is 3. The SMILES string of the molecule is CC(=O)Nc1cnc([C@H](Cc2cc(F)cc(F)c2)NC(=O)C[N+]2=NC(C(F)(F)F)C3=C2C(F)(F)[C@@H]2C[C@H]32)c(-c2cccc3c(NS(C)(=O)=O)nn(C)c23)c1. The van der Waals surface area contributed by atoms with Crippen LogP contribution in [0.1, 0.15) is 30.6 Å². The lowest BCUT2D eigenvalue weighted by Crippen LogP contribution is -2.38. The van der Waals surface area contributed by atoms with Gasteiger partial charge in [0.2, 0.25) is 22.0 Å². The molecular weight excluding hydrogens is 749 g/mol. The van der Waals surface area contributed by atoms with Crippen molar-refractivity contribution in [2.45, 2.75) is 43.9 Å². The van der Waals surface area contributed by atoms with E-state index in [0.29, 0.717) is 27.2 Å². The molecule has 0 spiro atoms. The number of aryl methyl sites for hydroxylation is 1. The summed E-state index contributed by atoms with van der Waals surface area (Å²) in [5, 5.41) is 13.3. The number of rotatable bonds is 10. The van der Waals surface area contributed by atoms with Gasteiger partial charge in [0.1, 0.15) is 11.6 Å². The number of carbonyl (C=O) groups is 2. The number of azo groups is 2. The molecule has 54 heavy (non-hydrogen) atoms. The zero-order valence-corrected chi connectivity index (χ0v) is 29.3. The number of allylic oxidation sites excluding steroid dienone is 1. The fourth-order valence-corrected chi connectivity index (χ4v) is 7.86. The highest BCUT2D eigenvalue weighted by molar-refractivity contribution is 7.92. The molecule has 1 aliphatic heterocycles. The third-order valence-corrected chi connectivity index (χ3v) is 9.92. The Kier molecular flexibility index (Phi) is 8.81. The molecule has 3 N–H and O–H groups in total. The maximum Gasteiger partial charge on any atom is 0.420 e. The van der Waals surface area contributed by atoms with Crippen molar-refractivity contribution < 1.29 is 53.4 Å². The van der Waals surface area contributed by atoms with E-state index in [-0.39, 0.29) is 41.2 Å². The largest absolute Gasteiger partial charge is 0.420 e. The van der Waals surface area contributed by atoms with Crippen LogP contribution in [0.25, 0.3) is 22.0 Å². The Morgan fingerprint density at radius 2 is 1.80 bits per heavy atom. The van der Waals surface area contributed by atoms with E-state index in [4.69, 9.17) is 0 Å². The molecule has 12 nitrogen and oxygen atoms in total. The molecule has 7 rings (SSSR count). The van der Waals surface area contributed by atoms with Crippen molar-refractivity contribution in [3.63, 3.8) is 0 Å². The molecule has 2 amide bonds. The van der Waals surface area contributed by atoms with Crippen LogP contribution in [0, 0.1) is 23.5 Å². The first-order chi connectivity index (χ1) is 25.2. The number of aromatic nitrogens is 3. The summed E-state index contributed by atoms with van der Waals surface area (Å²) >= 11 is 0. The molecule has 1 fully saturated rings. The molecule has 3 heterocycles. The molecule has 1 unspecified atom stereocenters. The van der Waals surface area contributed by atoms with Gasteiger partial charge < -0.3 is 10.6 Å². The first kappa shape index (κ1) is 36.9. The fraction of sp³-hybridized carbons (Fsp3) is 0.353. The number of alkyl halides is 5. The van der Waals surface area contributed by atoms with Gasteiger partial charge >= 0.3 is 12.1 Å². The van der Waals surface area contributed by atoms with Crippen molar-refractivity contribution >= 4 is 44.2 Å². The Bertz CT molecular complexity index is 2410. The summed E-state index contributed by atoms with van der Waals surface area (Å²) in [5.41, 5.74) is -0.397. The van der Waals surface area contributed by atoms with Crippen LogP contribution >= 0.6 is 0 Å². The van der Waals surface area contributed by atoms with Gasteiger partial charge in [-0.3, -0.25) is 24.0 Å². The van der Waals surface area contributed by atoms with Gasteiger partial charge in [-0.2, -0.15) is 27.1 Å². The zero-order valence-electron chi connectivity index (χ0n) is 28.5.